The standard InChI is InChI=1S/C21H20O5/c1-4-25-17-8-6-15(7-9-17)19-13-16(21(22)26-19)11-14-5-10-18(23-2)20(12-14)24-3/h5-13H,4H2,1-3H3/b16-11+. The van der Waals surface area contributed by atoms with Gasteiger partial charge in [-0.15, -0.1) is 0 Å². The lowest BCUT2D eigenvalue weighted by molar-refractivity contribution is -0.130. The number of hydrogen-bond acceptors (Lipinski definition) is 5. The molecule has 5 nitrogen and oxygen atoms in total. The molecule has 0 spiro atoms. The van der Waals surface area contributed by atoms with Gasteiger partial charge in [-0.3, -0.25) is 0 Å². The summed E-state index contributed by atoms with van der Waals surface area (Å²) in [5, 5.41) is 0. The van der Waals surface area contributed by atoms with E-state index < -0.39 is 0 Å². The highest BCUT2D eigenvalue weighted by atomic mass is 16.5. The lowest BCUT2D eigenvalue weighted by atomic mass is 10.1. The van der Waals surface area contributed by atoms with Crippen LogP contribution in [0.4, 0.5) is 0 Å². The number of hydrogen-bond donors (Lipinski definition) is 0. The van der Waals surface area contributed by atoms with Gasteiger partial charge in [-0.25, -0.2) is 4.79 Å². The van der Waals surface area contributed by atoms with Gasteiger partial charge in [0, 0.05) is 5.56 Å². The molecule has 0 bridgehead atoms. The van der Waals surface area contributed by atoms with Crippen molar-refractivity contribution >= 4 is 17.8 Å². The molecule has 0 radical (unpaired) electrons. The minimum Gasteiger partial charge on any atom is -0.494 e. The fourth-order valence-corrected chi connectivity index (χ4v) is 2.64. The Hall–Kier alpha value is -3.21. The molecule has 26 heavy (non-hydrogen) atoms. The molecule has 0 unspecified atom stereocenters. The molecule has 0 saturated heterocycles. The quantitative estimate of drug-likeness (QED) is 0.579. The zero-order valence-electron chi connectivity index (χ0n) is 14.9. The molecule has 0 amide bonds. The van der Waals surface area contributed by atoms with Crippen LogP contribution in [0.25, 0.3) is 11.8 Å². The Balaban J connectivity index is 1.86. The molecule has 1 heterocycles. The number of methoxy groups -OCH3 is 2. The molecule has 2 aromatic carbocycles. The molecule has 5 heteroatoms. The maximum absolute atomic E-state index is 12.2. The molecule has 0 atom stereocenters. The van der Waals surface area contributed by atoms with E-state index in [1.165, 1.54) is 0 Å². The van der Waals surface area contributed by atoms with E-state index >= 15 is 0 Å². The summed E-state index contributed by atoms with van der Waals surface area (Å²) in [4.78, 5) is 12.2. The summed E-state index contributed by atoms with van der Waals surface area (Å²) in [7, 11) is 3.15. The zero-order valence-corrected chi connectivity index (χ0v) is 14.9. The Labute approximate surface area is 152 Å². The molecule has 0 saturated carbocycles. The third-order valence-electron chi connectivity index (χ3n) is 3.90. The van der Waals surface area contributed by atoms with Gasteiger partial charge in [0.15, 0.2) is 11.5 Å². The first-order valence-electron chi connectivity index (χ1n) is 8.25. The highest BCUT2D eigenvalue weighted by molar-refractivity contribution is 6.05. The van der Waals surface area contributed by atoms with E-state index in [4.69, 9.17) is 18.9 Å². The maximum atomic E-state index is 12.2. The number of carbonyl (C=O) groups excluding carboxylic acids is 1. The number of rotatable bonds is 6. The molecule has 0 N–H and O–H groups in total. The minimum absolute atomic E-state index is 0.385. The van der Waals surface area contributed by atoms with Crippen molar-refractivity contribution in [3.63, 3.8) is 0 Å². The molecule has 2 aromatic rings. The van der Waals surface area contributed by atoms with E-state index in [9.17, 15) is 4.79 Å². The van der Waals surface area contributed by atoms with Crippen LogP contribution < -0.4 is 14.2 Å². The topological polar surface area (TPSA) is 54.0 Å². The molecule has 134 valence electrons. The number of cyclic esters (lactones) is 1. The summed E-state index contributed by atoms with van der Waals surface area (Å²) in [6, 6.07) is 12.9. The molecule has 0 aliphatic carbocycles. The van der Waals surface area contributed by atoms with Gasteiger partial charge in [-0.2, -0.15) is 0 Å². The van der Waals surface area contributed by atoms with Gasteiger partial charge in [0.1, 0.15) is 11.5 Å². The van der Waals surface area contributed by atoms with Crippen LogP contribution in [0.2, 0.25) is 0 Å². The summed E-state index contributed by atoms with van der Waals surface area (Å²) in [6.45, 7) is 2.54. The maximum Gasteiger partial charge on any atom is 0.343 e. The molecular weight excluding hydrogens is 332 g/mol. The average molecular weight is 352 g/mol. The number of ether oxygens (including phenoxy) is 4. The van der Waals surface area contributed by atoms with Crippen LogP contribution in [0.3, 0.4) is 0 Å². The van der Waals surface area contributed by atoms with Crippen LogP contribution in [0, 0.1) is 0 Å². The van der Waals surface area contributed by atoms with E-state index in [2.05, 4.69) is 0 Å². The Kier molecular flexibility index (Phi) is 5.27. The molecule has 0 fully saturated rings. The first-order valence-corrected chi connectivity index (χ1v) is 8.25. The Morgan fingerprint density at radius 1 is 1.00 bits per heavy atom. The Morgan fingerprint density at radius 2 is 1.73 bits per heavy atom. The van der Waals surface area contributed by atoms with Crippen molar-refractivity contribution in [1.82, 2.24) is 0 Å². The number of carbonyl (C=O) groups is 1. The fourth-order valence-electron chi connectivity index (χ4n) is 2.64. The first-order chi connectivity index (χ1) is 12.6. The predicted octanol–water partition coefficient (Wildman–Crippen LogP) is 4.08. The van der Waals surface area contributed by atoms with Gasteiger partial charge in [0.2, 0.25) is 0 Å². The monoisotopic (exact) mass is 352 g/mol. The van der Waals surface area contributed by atoms with Crippen molar-refractivity contribution in [1.29, 1.82) is 0 Å². The van der Waals surface area contributed by atoms with Gasteiger partial charge in [0.25, 0.3) is 0 Å². The van der Waals surface area contributed by atoms with Crippen molar-refractivity contribution in [2.45, 2.75) is 6.92 Å². The van der Waals surface area contributed by atoms with Gasteiger partial charge in [0.05, 0.1) is 26.4 Å². The minimum atomic E-state index is -0.385. The van der Waals surface area contributed by atoms with E-state index in [1.54, 1.807) is 32.4 Å². The summed E-state index contributed by atoms with van der Waals surface area (Å²) in [6.07, 6.45) is 3.49. The Bertz CT molecular complexity index is 862. The number of benzene rings is 2. The molecule has 0 aromatic heterocycles. The molecule has 1 aliphatic rings. The molecule has 1 aliphatic heterocycles. The van der Waals surface area contributed by atoms with Crippen LogP contribution in [-0.4, -0.2) is 26.8 Å². The van der Waals surface area contributed by atoms with Crippen LogP contribution in [0.1, 0.15) is 18.1 Å². The largest absolute Gasteiger partial charge is 0.494 e. The lowest BCUT2D eigenvalue weighted by Gasteiger charge is -2.07. The van der Waals surface area contributed by atoms with Crippen molar-refractivity contribution in [2.75, 3.05) is 20.8 Å². The normalized spacial score (nSPS) is 14.8. The van der Waals surface area contributed by atoms with Crippen molar-refractivity contribution in [3.05, 3.63) is 65.2 Å². The van der Waals surface area contributed by atoms with Gasteiger partial charge in [-0.1, -0.05) is 6.07 Å². The van der Waals surface area contributed by atoms with Crippen LogP contribution in [-0.2, 0) is 9.53 Å². The third kappa shape index (κ3) is 3.72. The fraction of sp³-hybridized carbons (Fsp3) is 0.190. The first kappa shape index (κ1) is 17.6. The van der Waals surface area contributed by atoms with Crippen LogP contribution in [0.15, 0.2) is 54.1 Å². The Morgan fingerprint density at radius 3 is 2.38 bits per heavy atom. The average Bonchev–Trinajstić information content (AvgIpc) is 3.03. The zero-order chi connectivity index (χ0) is 18.5. The second-order valence-corrected chi connectivity index (χ2v) is 5.57. The van der Waals surface area contributed by atoms with E-state index in [1.807, 2.05) is 43.3 Å². The molecule has 3 rings (SSSR count). The smallest absolute Gasteiger partial charge is 0.343 e. The second-order valence-electron chi connectivity index (χ2n) is 5.57. The molecular formula is C21H20O5. The number of esters is 1. The highest BCUT2D eigenvalue weighted by Crippen LogP contribution is 2.31. The van der Waals surface area contributed by atoms with Crippen LogP contribution >= 0.6 is 0 Å². The van der Waals surface area contributed by atoms with E-state index in [0.717, 1.165) is 16.9 Å². The summed E-state index contributed by atoms with van der Waals surface area (Å²) in [5.74, 6) is 2.15. The highest BCUT2D eigenvalue weighted by Gasteiger charge is 2.22. The van der Waals surface area contributed by atoms with Gasteiger partial charge in [-0.05, 0) is 61.0 Å². The van der Waals surface area contributed by atoms with E-state index in [-0.39, 0.29) is 5.97 Å². The predicted molar refractivity (Wildman–Crippen MR) is 99.2 cm³/mol. The summed E-state index contributed by atoms with van der Waals surface area (Å²) >= 11 is 0. The summed E-state index contributed by atoms with van der Waals surface area (Å²) in [5.41, 5.74) is 2.11. The third-order valence-corrected chi connectivity index (χ3v) is 3.90. The summed E-state index contributed by atoms with van der Waals surface area (Å²) < 4.78 is 21.3. The van der Waals surface area contributed by atoms with Gasteiger partial charge < -0.3 is 18.9 Å². The van der Waals surface area contributed by atoms with Crippen molar-refractivity contribution in [2.24, 2.45) is 0 Å². The second kappa shape index (κ2) is 7.78. The van der Waals surface area contributed by atoms with Crippen LogP contribution in [0.5, 0.6) is 17.2 Å². The lowest BCUT2D eigenvalue weighted by Crippen LogP contribution is -1.97. The SMILES string of the molecule is CCOc1ccc(C2=C/C(=C\c3ccc(OC)c(OC)c3)C(=O)O2)cc1. The van der Waals surface area contributed by atoms with Crippen molar-refractivity contribution < 1.29 is 23.7 Å². The van der Waals surface area contributed by atoms with Gasteiger partial charge >= 0.3 is 5.97 Å². The van der Waals surface area contributed by atoms with E-state index in [0.29, 0.717) is 29.4 Å². The van der Waals surface area contributed by atoms with Crippen molar-refractivity contribution in [3.8, 4) is 17.2 Å².